The van der Waals surface area contributed by atoms with Crippen molar-refractivity contribution in [3.8, 4) is 11.9 Å². The summed E-state index contributed by atoms with van der Waals surface area (Å²) in [6, 6.07) is 4.58. The van der Waals surface area contributed by atoms with E-state index < -0.39 is 59.1 Å². The number of benzene rings is 1. The van der Waals surface area contributed by atoms with Gasteiger partial charge < -0.3 is 10.8 Å². The van der Waals surface area contributed by atoms with Gasteiger partial charge in [-0.3, -0.25) is 18.5 Å². The second-order valence-electron chi connectivity index (χ2n) is 5.81. The SMILES string of the molecule is CCn1c(O)c(N=Nc2ccc(S(=O)(=O)O)c(N)c2)c(CS(=O)(=O)O)c(C#N)c1=O. The van der Waals surface area contributed by atoms with E-state index in [0.717, 1.165) is 22.8 Å². The highest BCUT2D eigenvalue weighted by molar-refractivity contribution is 7.86. The number of azo groups is 1. The zero-order chi connectivity index (χ0) is 22.9. The van der Waals surface area contributed by atoms with Crippen molar-refractivity contribution < 1.29 is 31.0 Å². The van der Waals surface area contributed by atoms with Gasteiger partial charge >= 0.3 is 0 Å². The Bertz CT molecular complexity index is 1350. The lowest BCUT2D eigenvalue weighted by atomic mass is 10.1. The summed E-state index contributed by atoms with van der Waals surface area (Å²) in [5, 5.41) is 27.0. The molecule has 0 spiro atoms. The first-order valence-corrected chi connectivity index (χ1v) is 11.0. The summed E-state index contributed by atoms with van der Waals surface area (Å²) < 4.78 is 64.0. The Kier molecular flexibility index (Phi) is 6.28. The van der Waals surface area contributed by atoms with Gasteiger partial charge in [0.2, 0.25) is 5.88 Å². The third-order valence-corrected chi connectivity index (χ3v) is 5.39. The molecule has 2 rings (SSSR count). The number of nitrogen functional groups attached to an aromatic ring is 1. The van der Waals surface area contributed by atoms with E-state index in [4.69, 9.17) is 14.8 Å². The van der Waals surface area contributed by atoms with Crippen LogP contribution in [0.1, 0.15) is 18.1 Å². The highest BCUT2D eigenvalue weighted by atomic mass is 32.2. The molecule has 0 saturated heterocycles. The molecule has 1 heterocycles. The Balaban J connectivity index is 2.73. The number of nitriles is 1. The molecule has 0 amide bonds. The zero-order valence-electron chi connectivity index (χ0n) is 15.2. The van der Waals surface area contributed by atoms with E-state index in [1.54, 1.807) is 0 Å². The molecule has 0 aliphatic rings. The molecular weight excluding hydrogens is 442 g/mol. The minimum absolute atomic E-state index is 0.0649. The maximum Gasteiger partial charge on any atom is 0.296 e. The average Bonchev–Trinajstić information content (AvgIpc) is 2.59. The largest absolute Gasteiger partial charge is 0.493 e. The van der Waals surface area contributed by atoms with Crippen molar-refractivity contribution in [3.63, 3.8) is 0 Å². The number of hydrogen-bond donors (Lipinski definition) is 4. The number of hydrogen-bond acceptors (Lipinski definition) is 10. The fourth-order valence-corrected chi connectivity index (χ4v) is 3.76. The molecule has 13 nitrogen and oxygen atoms in total. The van der Waals surface area contributed by atoms with Gasteiger partial charge in [0.15, 0.2) is 5.69 Å². The van der Waals surface area contributed by atoms with Crippen molar-refractivity contribution in [2.24, 2.45) is 10.2 Å². The van der Waals surface area contributed by atoms with Gasteiger partial charge in [0.05, 0.1) is 11.4 Å². The molecular formula is C15H15N5O8S2. The lowest BCUT2D eigenvalue weighted by molar-refractivity contribution is 0.411. The zero-order valence-corrected chi connectivity index (χ0v) is 16.8. The van der Waals surface area contributed by atoms with E-state index in [0.29, 0.717) is 0 Å². The predicted octanol–water partition coefficient (Wildman–Crippen LogP) is 1.08. The molecule has 0 aliphatic heterocycles. The quantitative estimate of drug-likeness (QED) is 0.274. The van der Waals surface area contributed by atoms with Crippen LogP contribution in [0.25, 0.3) is 0 Å². The van der Waals surface area contributed by atoms with E-state index in [1.807, 2.05) is 0 Å². The number of pyridine rings is 1. The van der Waals surface area contributed by atoms with E-state index >= 15 is 0 Å². The molecule has 0 radical (unpaired) electrons. The van der Waals surface area contributed by atoms with Gasteiger partial charge in [-0.2, -0.15) is 27.2 Å². The normalized spacial score (nSPS) is 12.2. The summed E-state index contributed by atoms with van der Waals surface area (Å²) in [4.78, 5) is 11.7. The number of nitrogens with zero attached hydrogens (tertiary/aromatic N) is 4. The smallest absolute Gasteiger partial charge is 0.296 e. The van der Waals surface area contributed by atoms with Crippen molar-refractivity contribution in [1.29, 1.82) is 5.26 Å². The Morgan fingerprint density at radius 2 is 1.83 bits per heavy atom. The summed E-state index contributed by atoms with van der Waals surface area (Å²) >= 11 is 0. The minimum Gasteiger partial charge on any atom is -0.493 e. The van der Waals surface area contributed by atoms with Crippen LogP contribution in [-0.2, 0) is 32.5 Å². The molecule has 1 aromatic carbocycles. The summed E-state index contributed by atoms with van der Waals surface area (Å²) in [5.41, 5.74) is 2.32. The molecule has 0 bridgehead atoms. The summed E-state index contributed by atoms with van der Waals surface area (Å²) in [5.74, 6) is -1.99. The van der Waals surface area contributed by atoms with Crippen LogP contribution in [0, 0.1) is 11.3 Å². The monoisotopic (exact) mass is 457 g/mol. The first kappa shape index (κ1) is 23.0. The molecule has 0 aliphatic carbocycles. The van der Waals surface area contributed by atoms with Gasteiger partial charge in [-0.25, -0.2) is 0 Å². The molecule has 160 valence electrons. The Morgan fingerprint density at radius 3 is 2.30 bits per heavy atom. The Labute approximate surface area is 170 Å². The number of rotatable bonds is 6. The van der Waals surface area contributed by atoms with Crippen molar-refractivity contribution in [3.05, 3.63) is 39.7 Å². The molecule has 1 aromatic heterocycles. The third-order valence-electron chi connectivity index (χ3n) is 3.81. The second-order valence-corrected chi connectivity index (χ2v) is 8.65. The highest BCUT2D eigenvalue weighted by Crippen LogP contribution is 2.34. The summed E-state index contributed by atoms with van der Waals surface area (Å²) in [6.45, 7) is 1.38. The molecule has 30 heavy (non-hydrogen) atoms. The summed E-state index contributed by atoms with van der Waals surface area (Å²) in [6.07, 6.45) is 0. The highest BCUT2D eigenvalue weighted by Gasteiger charge is 2.25. The van der Waals surface area contributed by atoms with E-state index in [9.17, 15) is 32.0 Å². The fraction of sp³-hybridized carbons (Fsp3) is 0.200. The first-order valence-electron chi connectivity index (χ1n) is 7.92. The van der Waals surface area contributed by atoms with Crippen LogP contribution in [0.15, 0.2) is 38.1 Å². The van der Waals surface area contributed by atoms with Crippen molar-refractivity contribution in [1.82, 2.24) is 4.57 Å². The van der Waals surface area contributed by atoms with Crippen LogP contribution in [0.2, 0.25) is 0 Å². The van der Waals surface area contributed by atoms with Crippen molar-refractivity contribution >= 4 is 37.3 Å². The molecule has 15 heteroatoms. The number of aromatic nitrogens is 1. The van der Waals surface area contributed by atoms with Crippen molar-refractivity contribution in [2.45, 2.75) is 24.1 Å². The Hall–Kier alpha value is -3.32. The molecule has 0 unspecified atom stereocenters. The number of aromatic hydroxyl groups is 1. The van der Waals surface area contributed by atoms with Gasteiger partial charge in [-0.1, -0.05) is 0 Å². The first-order chi connectivity index (χ1) is 13.8. The van der Waals surface area contributed by atoms with Crippen LogP contribution in [0.5, 0.6) is 5.88 Å². The fourth-order valence-electron chi connectivity index (χ4n) is 2.52. The van der Waals surface area contributed by atoms with Crippen LogP contribution >= 0.6 is 0 Å². The van der Waals surface area contributed by atoms with Crippen molar-refractivity contribution in [2.75, 3.05) is 5.73 Å². The third kappa shape index (κ3) is 4.80. The Morgan fingerprint density at radius 1 is 1.20 bits per heavy atom. The molecule has 0 saturated carbocycles. The van der Waals surface area contributed by atoms with E-state index in [-0.39, 0.29) is 17.9 Å². The maximum atomic E-state index is 12.3. The maximum absolute atomic E-state index is 12.3. The van der Waals surface area contributed by atoms with Gasteiger partial charge in [0.1, 0.15) is 22.3 Å². The van der Waals surface area contributed by atoms with E-state index in [2.05, 4.69) is 10.2 Å². The lowest BCUT2D eigenvalue weighted by Crippen LogP contribution is -2.24. The lowest BCUT2D eigenvalue weighted by Gasteiger charge is -2.13. The molecule has 0 fully saturated rings. The molecule has 5 N–H and O–H groups in total. The van der Waals surface area contributed by atoms with Crippen LogP contribution < -0.4 is 11.3 Å². The van der Waals surface area contributed by atoms with Crippen LogP contribution in [-0.4, -0.2) is 35.6 Å². The van der Waals surface area contributed by atoms with Crippen LogP contribution in [0.3, 0.4) is 0 Å². The molecule has 0 atom stereocenters. The topological polar surface area (TPSA) is 225 Å². The standard InChI is InChI=1S/C15H15N5O8S2/c1-2-20-14(21)9(6-16)10(7-29(23,24)25)13(15(20)22)19-18-8-3-4-12(11(17)5-8)30(26,27)28/h3-5,22H,2,7,17H2,1H3,(H,23,24,25)(H,26,27,28). The summed E-state index contributed by atoms with van der Waals surface area (Å²) in [7, 11) is -9.30. The average molecular weight is 457 g/mol. The van der Waals surface area contributed by atoms with Gasteiger partial charge in [-0.05, 0) is 25.1 Å². The van der Waals surface area contributed by atoms with Gasteiger partial charge in [0, 0.05) is 12.1 Å². The van der Waals surface area contributed by atoms with Crippen LogP contribution in [0.4, 0.5) is 17.1 Å². The second kappa shape index (κ2) is 8.20. The minimum atomic E-state index is -4.72. The number of nitrogens with two attached hydrogens (primary N) is 1. The van der Waals surface area contributed by atoms with E-state index in [1.165, 1.54) is 13.0 Å². The number of anilines is 1. The van der Waals surface area contributed by atoms with Gasteiger partial charge in [-0.15, -0.1) is 5.11 Å². The van der Waals surface area contributed by atoms with Gasteiger partial charge in [0.25, 0.3) is 25.8 Å². The molecule has 2 aromatic rings. The predicted molar refractivity (Wildman–Crippen MR) is 103 cm³/mol.